The number of rotatable bonds is 8. The molecule has 1 aliphatic rings. The maximum absolute atomic E-state index is 12.6. The van der Waals surface area contributed by atoms with E-state index in [0.29, 0.717) is 37.1 Å². The van der Waals surface area contributed by atoms with Gasteiger partial charge in [0, 0.05) is 31.1 Å². The van der Waals surface area contributed by atoms with Gasteiger partial charge in [0.05, 0.1) is 19.8 Å². The molecule has 0 aromatic carbocycles. The summed E-state index contributed by atoms with van der Waals surface area (Å²) in [5, 5.41) is 6.49. The average Bonchev–Trinajstić information content (AvgIpc) is 3.10. The third-order valence-corrected chi connectivity index (χ3v) is 7.20. The molecular formula is C16H28N4O3S2. The van der Waals surface area contributed by atoms with Crippen molar-refractivity contribution in [3.05, 3.63) is 17.0 Å². The molecule has 0 saturated carbocycles. The van der Waals surface area contributed by atoms with Crippen LogP contribution >= 0.6 is 11.3 Å². The minimum Gasteiger partial charge on any atom is -0.379 e. The number of hydrogen-bond acceptors (Lipinski definition) is 5. The number of nitrogens with zero attached hydrogens (tertiary/aromatic N) is 2. The van der Waals surface area contributed by atoms with E-state index in [-0.39, 0.29) is 0 Å². The number of morpholine rings is 1. The van der Waals surface area contributed by atoms with E-state index in [4.69, 9.17) is 4.74 Å². The van der Waals surface area contributed by atoms with Crippen LogP contribution in [-0.2, 0) is 21.3 Å². The predicted octanol–water partition coefficient (Wildman–Crippen LogP) is 1.62. The molecule has 0 amide bonds. The summed E-state index contributed by atoms with van der Waals surface area (Å²) in [7, 11) is -3.42. The van der Waals surface area contributed by atoms with Gasteiger partial charge in [-0.3, -0.25) is 0 Å². The number of unbranched alkanes of at least 4 members (excludes halogenated alkanes) is 1. The van der Waals surface area contributed by atoms with Crippen LogP contribution in [-0.4, -0.2) is 58.1 Å². The summed E-state index contributed by atoms with van der Waals surface area (Å²) in [6.45, 7) is 8.05. The SMILES string of the molecule is CCCCNC(=NCc1ccc(S(=O)(=O)N2CCOCC2)s1)NCC. The lowest BCUT2D eigenvalue weighted by molar-refractivity contribution is 0.0731. The van der Waals surface area contributed by atoms with Crippen LogP contribution in [0.1, 0.15) is 31.6 Å². The molecule has 142 valence electrons. The van der Waals surface area contributed by atoms with Crippen molar-refractivity contribution in [1.82, 2.24) is 14.9 Å². The Morgan fingerprint density at radius 1 is 1.28 bits per heavy atom. The Kier molecular flexibility index (Phi) is 8.14. The van der Waals surface area contributed by atoms with Gasteiger partial charge in [0.1, 0.15) is 4.21 Å². The Bertz CT molecular complexity index is 652. The second-order valence-electron chi connectivity index (χ2n) is 5.71. The number of hydrogen-bond donors (Lipinski definition) is 2. The third kappa shape index (κ3) is 5.95. The first-order valence-corrected chi connectivity index (χ1v) is 11.0. The van der Waals surface area contributed by atoms with Crippen LogP contribution in [0, 0.1) is 0 Å². The number of thiophene rings is 1. The standard InChI is InChI=1S/C16H28N4O3S2/c1-3-5-8-18-16(17-4-2)19-13-14-6-7-15(24-14)25(21,22)20-9-11-23-12-10-20/h6-7H,3-5,8-13H2,1-2H3,(H2,17,18,19). The average molecular weight is 389 g/mol. The molecule has 1 aromatic rings. The van der Waals surface area contributed by atoms with E-state index in [1.807, 2.05) is 13.0 Å². The van der Waals surface area contributed by atoms with Gasteiger partial charge in [-0.05, 0) is 25.5 Å². The summed E-state index contributed by atoms with van der Waals surface area (Å²) in [6.07, 6.45) is 2.21. The van der Waals surface area contributed by atoms with Crippen molar-refractivity contribution in [3.8, 4) is 0 Å². The second kappa shape index (κ2) is 10.1. The first-order valence-electron chi connectivity index (χ1n) is 8.76. The van der Waals surface area contributed by atoms with Crippen molar-refractivity contribution in [3.63, 3.8) is 0 Å². The molecule has 1 aliphatic heterocycles. The highest BCUT2D eigenvalue weighted by molar-refractivity contribution is 7.91. The molecule has 9 heteroatoms. The van der Waals surface area contributed by atoms with E-state index in [2.05, 4.69) is 22.5 Å². The molecule has 0 bridgehead atoms. The zero-order valence-electron chi connectivity index (χ0n) is 15.0. The molecule has 2 N–H and O–H groups in total. The van der Waals surface area contributed by atoms with Gasteiger partial charge in [-0.2, -0.15) is 4.31 Å². The molecule has 2 heterocycles. The van der Waals surface area contributed by atoms with Crippen molar-refractivity contribution < 1.29 is 13.2 Å². The van der Waals surface area contributed by atoms with Crippen LogP contribution in [0.4, 0.5) is 0 Å². The molecule has 0 atom stereocenters. The number of guanidine groups is 1. The van der Waals surface area contributed by atoms with Crippen molar-refractivity contribution in [2.75, 3.05) is 39.4 Å². The van der Waals surface area contributed by atoms with Gasteiger partial charge < -0.3 is 15.4 Å². The van der Waals surface area contributed by atoms with Gasteiger partial charge in [0.25, 0.3) is 10.0 Å². The zero-order chi connectivity index (χ0) is 18.1. The molecule has 0 radical (unpaired) electrons. The number of ether oxygens (including phenoxy) is 1. The van der Waals surface area contributed by atoms with Crippen molar-refractivity contribution in [1.29, 1.82) is 0 Å². The summed E-state index contributed by atoms with van der Waals surface area (Å²) in [6, 6.07) is 3.52. The Morgan fingerprint density at radius 2 is 2.04 bits per heavy atom. The van der Waals surface area contributed by atoms with E-state index in [0.717, 1.165) is 36.8 Å². The maximum atomic E-state index is 12.6. The first kappa shape index (κ1) is 20.2. The van der Waals surface area contributed by atoms with Gasteiger partial charge >= 0.3 is 0 Å². The predicted molar refractivity (Wildman–Crippen MR) is 102 cm³/mol. The van der Waals surface area contributed by atoms with Crippen LogP contribution in [0.3, 0.4) is 0 Å². The highest BCUT2D eigenvalue weighted by Crippen LogP contribution is 2.26. The molecule has 25 heavy (non-hydrogen) atoms. The molecule has 2 rings (SSSR count). The topological polar surface area (TPSA) is 83.0 Å². The fourth-order valence-electron chi connectivity index (χ4n) is 2.38. The van der Waals surface area contributed by atoms with Crippen molar-refractivity contribution >= 4 is 27.3 Å². The van der Waals surface area contributed by atoms with Gasteiger partial charge in [0.2, 0.25) is 0 Å². The Morgan fingerprint density at radius 3 is 2.72 bits per heavy atom. The summed E-state index contributed by atoms with van der Waals surface area (Å²) >= 11 is 1.29. The quantitative estimate of drug-likeness (QED) is 0.402. The summed E-state index contributed by atoms with van der Waals surface area (Å²) < 4.78 is 32.4. The lowest BCUT2D eigenvalue weighted by Crippen LogP contribution is -2.40. The molecule has 0 unspecified atom stereocenters. The number of nitrogens with one attached hydrogen (secondary N) is 2. The molecule has 0 aliphatic carbocycles. The number of sulfonamides is 1. The lowest BCUT2D eigenvalue weighted by atomic mass is 10.3. The second-order valence-corrected chi connectivity index (χ2v) is 9.05. The van der Waals surface area contributed by atoms with Crippen LogP contribution in [0.5, 0.6) is 0 Å². The summed E-state index contributed by atoms with van der Waals surface area (Å²) in [4.78, 5) is 5.47. The molecular weight excluding hydrogens is 360 g/mol. The maximum Gasteiger partial charge on any atom is 0.252 e. The lowest BCUT2D eigenvalue weighted by Gasteiger charge is -2.25. The smallest absolute Gasteiger partial charge is 0.252 e. The van der Waals surface area contributed by atoms with Crippen LogP contribution in [0.25, 0.3) is 0 Å². The third-order valence-electron chi connectivity index (χ3n) is 3.76. The highest BCUT2D eigenvalue weighted by atomic mass is 32.2. The van der Waals surface area contributed by atoms with Crippen LogP contribution in [0.2, 0.25) is 0 Å². The Labute approximate surface area is 154 Å². The van der Waals surface area contributed by atoms with Crippen molar-refractivity contribution in [2.24, 2.45) is 4.99 Å². The van der Waals surface area contributed by atoms with Gasteiger partial charge in [0.15, 0.2) is 5.96 Å². The summed E-state index contributed by atoms with van der Waals surface area (Å²) in [5.74, 6) is 0.766. The van der Waals surface area contributed by atoms with Crippen molar-refractivity contribution in [2.45, 2.75) is 37.4 Å². The number of aliphatic imine (C=N–C) groups is 1. The normalized spacial score (nSPS) is 16.8. The van der Waals surface area contributed by atoms with E-state index in [1.54, 1.807) is 6.07 Å². The Hall–Kier alpha value is -1.16. The fraction of sp³-hybridized carbons (Fsp3) is 0.688. The van der Waals surface area contributed by atoms with Gasteiger partial charge in [-0.25, -0.2) is 13.4 Å². The van der Waals surface area contributed by atoms with E-state index < -0.39 is 10.0 Å². The van der Waals surface area contributed by atoms with E-state index in [1.165, 1.54) is 15.6 Å². The van der Waals surface area contributed by atoms with Crippen LogP contribution in [0.15, 0.2) is 21.3 Å². The van der Waals surface area contributed by atoms with E-state index in [9.17, 15) is 8.42 Å². The van der Waals surface area contributed by atoms with Gasteiger partial charge in [-0.1, -0.05) is 13.3 Å². The largest absolute Gasteiger partial charge is 0.379 e. The molecule has 7 nitrogen and oxygen atoms in total. The minimum absolute atomic E-state index is 0.378. The molecule has 0 spiro atoms. The van der Waals surface area contributed by atoms with Gasteiger partial charge in [-0.15, -0.1) is 11.3 Å². The molecule has 1 saturated heterocycles. The minimum atomic E-state index is -3.42. The highest BCUT2D eigenvalue weighted by Gasteiger charge is 2.27. The first-order chi connectivity index (χ1) is 12.1. The zero-order valence-corrected chi connectivity index (χ0v) is 16.6. The van der Waals surface area contributed by atoms with Crippen LogP contribution < -0.4 is 10.6 Å². The summed E-state index contributed by atoms with van der Waals surface area (Å²) in [5.41, 5.74) is 0. The monoisotopic (exact) mass is 388 g/mol. The Balaban J connectivity index is 2.00. The molecule has 1 aromatic heterocycles. The van der Waals surface area contributed by atoms with E-state index >= 15 is 0 Å². The fourth-order valence-corrected chi connectivity index (χ4v) is 5.22. The molecule has 1 fully saturated rings.